The molecule has 2 aliphatic rings. The molecule has 1 aromatic heterocycles. The van der Waals surface area contributed by atoms with Gasteiger partial charge in [-0.05, 0) is 101 Å². The van der Waals surface area contributed by atoms with E-state index in [0.29, 0.717) is 22.3 Å². The maximum absolute atomic E-state index is 13.0. The zero-order valence-electron chi connectivity index (χ0n) is 28.7. The van der Waals surface area contributed by atoms with E-state index in [2.05, 4.69) is 31.5 Å². The topological polar surface area (TPSA) is 180 Å². The number of halogens is 1. The van der Waals surface area contributed by atoms with Gasteiger partial charge in [-0.3, -0.25) is 33.8 Å². The molecular weight excluding hydrogens is 706 g/mol. The molecule has 0 radical (unpaired) electrons. The van der Waals surface area contributed by atoms with Crippen LogP contribution in [0.4, 0.5) is 0 Å². The maximum atomic E-state index is 13.0. The van der Waals surface area contributed by atoms with Crippen LogP contribution in [0.5, 0.6) is 0 Å². The summed E-state index contributed by atoms with van der Waals surface area (Å²) in [6.45, 7) is 10.8. The van der Waals surface area contributed by atoms with Crippen molar-refractivity contribution >= 4 is 62.4 Å². The van der Waals surface area contributed by atoms with E-state index in [1.165, 1.54) is 20.8 Å². The average molecular weight is 745 g/mol. The van der Waals surface area contributed by atoms with Gasteiger partial charge in [0, 0.05) is 28.0 Å². The molecule has 4 N–H and O–H groups in total. The van der Waals surface area contributed by atoms with Crippen LogP contribution in [-0.2, 0) is 39.6 Å². The van der Waals surface area contributed by atoms with Crippen molar-refractivity contribution in [3.05, 3.63) is 98.8 Å². The number of nitrogens with zero attached hydrogens (tertiary/aromatic N) is 1. The van der Waals surface area contributed by atoms with Gasteiger partial charge in [-0.2, -0.15) is 0 Å². The lowest BCUT2D eigenvalue weighted by atomic mass is 9.70. The summed E-state index contributed by atoms with van der Waals surface area (Å²) in [6.07, 6.45) is 3.39. The molecule has 0 saturated carbocycles. The van der Waals surface area contributed by atoms with Crippen molar-refractivity contribution in [1.82, 2.24) is 15.6 Å². The molecule has 1 atom stereocenters. The maximum Gasteiger partial charge on any atom is 0.259 e. The quantitative estimate of drug-likeness (QED) is 0.235. The van der Waals surface area contributed by atoms with Crippen LogP contribution in [0.15, 0.2) is 76.5 Å². The van der Waals surface area contributed by atoms with Gasteiger partial charge in [-0.15, -0.1) is 0 Å². The number of nitrogens with one attached hydrogen (secondary N) is 2. The Balaban J connectivity index is 0.000000228. The SMILES string of the molecule is CC(=O)CNC(=O)C1=C(O)c2ccc(-c3cccnc3)cc2C(C)(C)C1=O.CC(=O)[C@H](C)NC(=O)C1=C(O)c2ccc(Br)cc2C(C)(C)C1=O. The van der Waals surface area contributed by atoms with Gasteiger partial charge in [0.2, 0.25) is 0 Å². The number of hydrogen-bond acceptors (Lipinski definition) is 9. The minimum Gasteiger partial charge on any atom is -0.506 e. The van der Waals surface area contributed by atoms with E-state index in [9.17, 15) is 39.0 Å². The third-order valence-electron chi connectivity index (χ3n) is 8.83. The number of rotatable bonds is 7. The fourth-order valence-corrected chi connectivity index (χ4v) is 6.02. The van der Waals surface area contributed by atoms with Gasteiger partial charge >= 0.3 is 0 Å². The number of hydrogen-bond donors (Lipinski definition) is 4. The lowest BCUT2D eigenvalue weighted by Gasteiger charge is -2.32. The van der Waals surface area contributed by atoms with Crippen molar-refractivity contribution in [1.29, 1.82) is 0 Å². The Bertz CT molecular complexity index is 2010. The highest BCUT2D eigenvalue weighted by molar-refractivity contribution is 9.10. The first kappa shape index (κ1) is 37.6. The smallest absolute Gasteiger partial charge is 0.259 e. The molecule has 260 valence electrons. The summed E-state index contributed by atoms with van der Waals surface area (Å²) in [6, 6.07) is 13.5. The van der Waals surface area contributed by atoms with E-state index >= 15 is 0 Å². The van der Waals surface area contributed by atoms with Gasteiger partial charge in [0.05, 0.1) is 23.4 Å². The molecule has 2 amide bonds. The third kappa shape index (κ3) is 7.20. The fraction of sp³-hybridized carbons (Fsp3) is 0.289. The number of fused-ring (bicyclic) bond motifs is 2. The van der Waals surface area contributed by atoms with Gasteiger partial charge in [-0.1, -0.05) is 34.1 Å². The highest BCUT2D eigenvalue weighted by atomic mass is 79.9. The van der Waals surface area contributed by atoms with E-state index in [4.69, 9.17) is 0 Å². The lowest BCUT2D eigenvalue weighted by molar-refractivity contribution is -0.128. The second-order valence-corrected chi connectivity index (χ2v) is 14.2. The molecule has 1 heterocycles. The second kappa shape index (κ2) is 14.3. The molecule has 0 bridgehead atoms. The van der Waals surface area contributed by atoms with Crippen LogP contribution in [0.25, 0.3) is 22.6 Å². The van der Waals surface area contributed by atoms with E-state index in [-0.39, 0.29) is 40.8 Å². The molecule has 11 nitrogen and oxygen atoms in total. The molecular formula is C38H38BrN3O8. The molecule has 50 heavy (non-hydrogen) atoms. The third-order valence-corrected chi connectivity index (χ3v) is 9.32. The van der Waals surface area contributed by atoms with Crippen molar-refractivity contribution in [2.24, 2.45) is 0 Å². The molecule has 0 fully saturated rings. The van der Waals surface area contributed by atoms with Crippen molar-refractivity contribution in [3.8, 4) is 11.1 Å². The van der Waals surface area contributed by atoms with Crippen molar-refractivity contribution in [2.45, 2.75) is 65.3 Å². The van der Waals surface area contributed by atoms with E-state index in [0.717, 1.165) is 15.6 Å². The standard InChI is InChI=1S/C21H20N2O4.C17H18BrNO4/c1-12(24)10-23-20(27)17-18(25)15-7-6-13(14-5-4-8-22-11-14)9-16(15)21(2,3)19(17)26;1-8(9(2)20)19-16(23)13-14(21)11-6-5-10(18)7-12(11)17(3,4)15(13)22/h4-9,11,25H,10H2,1-3H3,(H,23,27);5-8,21H,1-4H3,(H,19,23)/t;8-/m.0/s1. The minimum atomic E-state index is -1.01. The molecule has 0 unspecified atom stereocenters. The normalized spacial score (nSPS) is 16.3. The number of Topliss-reactive ketones (excluding diaryl/α,β-unsaturated/α-hetero) is 4. The Morgan fingerprint density at radius 2 is 1.34 bits per heavy atom. The predicted molar refractivity (Wildman–Crippen MR) is 191 cm³/mol. The van der Waals surface area contributed by atoms with Gasteiger partial charge < -0.3 is 20.8 Å². The predicted octanol–water partition coefficient (Wildman–Crippen LogP) is 5.26. The Morgan fingerprint density at radius 1 is 0.800 bits per heavy atom. The Labute approximate surface area is 298 Å². The number of aliphatic hydroxyl groups is 2. The summed E-state index contributed by atoms with van der Waals surface area (Å²) in [5, 5.41) is 25.9. The molecule has 12 heteroatoms. The number of carbonyl (C=O) groups excluding carboxylic acids is 6. The van der Waals surface area contributed by atoms with Crippen LogP contribution in [-0.4, -0.2) is 62.7 Å². The van der Waals surface area contributed by atoms with Crippen LogP contribution >= 0.6 is 15.9 Å². The van der Waals surface area contributed by atoms with Crippen LogP contribution in [0.1, 0.15) is 70.7 Å². The molecule has 5 rings (SSSR count). The monoisotopic (exact) mass is 743 g/mol. The number of pyridine rings is 1. The summed E-state index contributed by atoms with van der Waals surface area (Å²) in [4.78, 5) is 77.0. The van der Waals surface area contributed by atoms with Gasteiger partial charge in [0.1, 0.15) is 28.4 Å². The van der Waals surface area contributed by atoms with E-state index in [1.54, 1.807) is 64.4 Å². The number of aromatic nitrogens is 1. The summed E-state index contributed by atoms with van der Waals surface area (Å²) < 4.78 is 0.781. The lowest BCUT2D eigenvalue weighted by Crippen LogP contribution is -2.44. The largest absolute Gasteiger partial charge is 0.506 e. The van der Waals surface area contributed by atoms with Crippen molar-refractivity contribution in [3.63, 3.8) is 0 Å². The highest BCUT2D eigenvalue weighted by Crippen LogP contribution is 2.42. The highest BCUT2D eigenvalue weighted by Gasteiger charge is 2.44. The van der Waals surface area contributed by atoms with Gasteiger partial charge in [-0.25, -0.2) is 0 Å². The van der Waals surface area contributed by atoms with E-state index in [1.807, 2.05) is 24.3 Å². The molecule has 2 aromatic carbocycles. The van der Waals surface area contributed by atoms with Crippen LogP contribution in [0.3, 0.4) is 0 Å². The molecule has 0 aliphatic heterocycles. The Hall–Kier alpha value is -5.23. The Kier molecular flexibility index (Phi) is 10.8. The fourth-order valence-electron chi connectivity index (χ4n) is 5.66. The van der Waals surface area contributed by atoms with Crippen LogP contribution < -0.4 is 10.6 Å². The first-order valence-electron chi connectivity index (χ1n) is 15.7. The van der Waals surface area contributed by atoms with E-state index < -0.39 is 40.3 Å². The van der Waals surface area contributed by atoms with Crippen LogP contribution in [0.2, 0.25) is 0 Å². The summed E-state index contributed by atoms with van der Waals surface area (Å²) in [5.41, 5.74) is 1.30. The van der Waals surface area contributed by atoms with Gasteiger partial charge in [0.25, 0.3) is 11.8 Å². The number of ketones is 4. The van der Waals surface area contributed by atoms with Gasteiger partial charge in [0.15, 0.2) is 17.3 Å². The summed E-state index contributed by atoms with van der Waals surface area (Å²) in [7, 11) is 0. The average Bonchev–Trinajstić information content (AvgIpc) is 3.06. The first-order chi connectivity index (χ1) is 23.3. The molecule has 3 aromatic rings. The second-order valence-electron chi connectivity index (χ2n) is 13.2. The minimum absolute atomic E-state index is 0.198. The molecule has 2 aliphatic carbocycles. The number of benzene rings is 2. The van der Waals surface area contributed by atoms with Crippen LogP contribution in [0, 0.1) is 0 Å². The summed E-state index contributed by atoms with van der Waals surface area (Å²) >= 11 is 3.35. The number of amides is 2. The summed E-state index contributed by atoms with van der Waals surface area (Å²) in [5.74, 6) is -3.65. The van der Waals surface area contributed by atoms with Crippen molar-refractivity contribution < 1.29 is 39.0 Å². The molecule has 0 saturated heterocycles. The first-order valence-corrected chi connectivity index (χ1v) is 16.5. The number of carbonyl (C=O) groups is 6. The zero-order valence-corrected chi connectivity index (χ0v) is 30.3. The molecule has 0 spiro atoms. The zero-order chi connectivity index (χ0) is 37.3. The Morgan fingerprint density at radius 3 is 1.86 bits per heavy atom. The van der Waals surface area contributed by atoms with Crippen molar-refractivity contribution in [2.75, 3.05) is 6.54 Å². The number of aliphatic hydroxyl groups excluding tert-OH is 2.